The summed E-state index contributed by atoms with van der Waals surface area (Å²) in [6.07, 6.45) is 1.39. The van der Waals surface area contributed by atoms with Crippen molar-refractivity contribution in [3.05, 3.63) is 29.0 Å². The maximum Gasteiger partial charge on any atom is 0.228 e. The van der Waals surface area contributed by atoms with Crippen LogP contribution >= 0.6 is 11.6 Å². The number of pyridine rings is 1. The molecule has 0 aromatic carbocycles. The number of aromatic nitrogens is 1. The molecule has 0 spiro atoms. The monoisotopic (exact) mass is 183 g/mol. The maximum absolute atomic E-state index is 11.1. The van der Waals surface area contributed by atoms with Gasteiger partial charge in [0.1, 0.15) is 5.15 Å². The normalized spacial score (nSPS) is 9.50. The summed E-state index contributed by atoms with van der Waals surface area (Å²) in [6, 6.07) is 2.82. The topological polar surface area (TPSA) is 47.0 Å². The molecule has 0 unspecified atom stereocenters. The fraction of sp³-hybridized carbons (Fsp3) is 0.125. The number of Topliss-reactive ketones (excluding diaryl/α,β-unsaturated/α-hetero) is 2. The first-order valence-corrected chi connectivity index (χ1v) is 3.66. The maximum atomic E-state index is 11.1. The summed E-state index contributed by atoms with van der Waals surface area (Å²) in [5, 5.41) is 0.210. The number of carbonyl (C=O) groups is 2. The molecule has 0 bridgehead atoms. The van der Waals surface area contributed by atoms with E-state index in [-0.39, 0.29) is 10.7 Å². The van der Waals surface area contributed by atoms with E-state index in [2.05, 4.69) is 4.98 Å². The molecule has 0 aliphatic heterocycles. The Balaban J connectivity index is 3.04. The number of ketones is 2. The zero-order chi connectivity index (χ0) is 9.14. The van der Waals surface area contributed by atoms with Crippen molar-refractivity contribution in [1.82, 2.24) is 4.98 Å². The molecular weight excluding hydrogens is 178 g/mol. The van der Waals surface area contributed by atoms with Gasteiger partial charge in [0.25, 0.3) is 0 Å². The van der Waals surface area contributed by atoms with Gasteiger partial charge < -0.3 is 0 Å². The van der Waals surface area contributed by atoms with Crippen LogP contribution in [-0.4, -0.2) is 16.6 Å². The van der Waals surface area contributed by atoms with E-state index in [9.17, 15) is 9.59 Å². The number of hydrogen-bond acceptors (Lipinski definition) is 3. The summed E-state index contributed by atoms with van der Waals surface area (Å²) >= 11 is 5.52. The Morgan fingerprint density at radius 1 is 1.50 bits per heavy atom. The molecule has 4 heteroatoms. The second-order valence-electron chi connectivity index (χ2n) is 2.25. The van der Waals surface area contributed by atoms with Crippen molar-refractivity contribution >= 4 is 23.2 Å². The van der Waals surface area contributed by atoms with Crippen molar-refractivity contribution < 1.29 is 9.59 Å². The van der Waals surface area contributed by atoms with E-state index in [4.69, 9.17) is 11.6 Å². The molecule has 12 heavy (non-hydrogen) atoms. The van der Waals surface area contributed by atoms with Crippen LogP contribution in [0.5, 0.6) is 0 Å². The van der Waals surface area contributed by atoms with Crippen LogP contribution < -0.4 is 0 Å². The van der Waals surface area contributed by atoms with Gasteiger partial charge in [-0.2, -0.15) is 0 Å². The first-order valence-electron chi connectivity index (χ1n) is 3.28. The van der Waals surface area contributed by atoms with E-state index in [0.29, 0.717) is 0 Å². The summed E-state index contributed by atoms with van der Waals surface area (Å²) in [6.45, 7) is 1.22. The number of carbonyl (C=O) groups excluding carboxylic acids is 2. The van der Waals surface area contributed by atoms with Crippen LogP contribution in [-0.2, 0) is 4.79 Å². The molecule has 0 saturated heterocycles. The van der Waals surface area contributed by atoms with Gasteiger partial charge in [0.2, 0.25) is 5.78 Å². The molecule has 1 rings (SSSR count). The third-order valence-corrected chi connectivity index (χ3v) is 1.52. The van der Waals surface area contributed by atoms with Crippen LogP contribution in [0.25, 0.3) is 0 Å². The van der Waals surface area contributed by atoms with Gasteiger partial charge in [-0.1, -0.05) is 11.6 Å². The first kappa shape index (κ1) is 8.87. The highest BCUT2D eigenvalue weighted by molar-refractivity contribution is 6.43. The molecule has 1 aromatic heterocycles. The molecular formula is C8H6ClNO2. The van der Waals surface area contributed by atoms with E-state index in [1.807, 2.05) is 0 Å². The molecule has 0 amide bonds. The average molecular weight is 184 g/mol. The van der Waals surface area contributed by atoms with E-state index < -0.39 is 11.6 Å². The van der Waals surface area contributed by atoms with Gasteiger partial charge >= 0.3 is 0 Å². The van der Waals surface area contributed by atoms with Gasteiger partial charge in [-0.15, -0.1) is 0 Å². The van der Waals surface area contributed by atoms with E-state index in [0.717, 1.165) is 0 Å². The summed E-state index contributed by atoms with van der Waals surface area (Å²) in [7, 11) is 0. The molecule has 0 aliphatic rings. The third kappa shape index (κ3) is 1.89. The summed E-state index contributed by atoms with van der Waals surface area (Å²) in [5.74, 6) is -1.04. The SMILES string of the molecule is CC(=O)C(=O)c1ccnc(Cl)c1. The molecule has 0 saturated carbocycles. The zero-order valence-electron chi connectivity index (χ0n) is 6.37. The number of rotatable bonds is 2. The Labute approximate surface area is 74.4 Å². The lowest BCUT2D eigenvalue weighted by Crippen LogP contribution is -2.09. The second-order valence-corrected chi connectivity index (χ2v) is 2.64. The molecule has 0 N–H and O–H groups in total. The van der Waals surface area contributed by atoms with Crippen molar-refractivity contribution in [2.24, 2.45) is 0 Å². The second kappa shape index (κ2) is 3.45. The van der Waals surface area contributed by atoms with Crippen molar-refractivity contribution in [2.75, 3.05) is 0 Å². The van der Waals surface area contributed by atoms with Gasteiger partial charge in [-0.05, 0) is 12.1 Å². The van der Waals surface area contributed by atoms with Crippen LogP contribution in [0.4, 0.5) is 0 Å². The Kier molecular flexibility index (Phi) is 2.55. The lowest BCUT2D eigenvalue weighted by atomic mass is 10.1. The number of hydrogen-bond donors (Lipinski definition) is 0. The molecule has 1 heterocycles. The van der Waals surface area contributed by atoms with Crippen LogP contribution in [0.15, 0.2) is 18.3 Å². The smallest absolute Gasteiger partial charge is 0.228 e. The van der Waals surface area contributed by atoms with Crippen LogP contribution in [0, 0.1) is 0 Å². The molecule has 0 radical (unpaired) electrons. The fourth-order valence-corrected chi connectivity index (χ4v) is 0.921. The Bertz CT molecular complexity index is 336. The first-order chi connectivity index (χ1) is 5.61. The summed E-state index contributed by atoms with van der Waals surface area (Å²) in [5.41, 5.74) is 0.280. The van der Waals surface area contributed by atoms with Gasteiger partial charge in [0.15, 0.2) is 5.78 Å². The molecule has 62 valence electrons. The largest absolute Gasteiger partial charge is 0.291 e. The molecule has 3 nitrogen and oxygen atoms in total. The third-order valence-electron chi connectivity index (χ3n) is 1.31. The van der Waals surface area contributed by atoms with E-state index >= 15 is 0 Å². The van der Waals surface area contributed by atoms with E-state index in [1.165, 1.54) is 25.3 Å². The zero-order valence-corrected chi connectivity index (χ0v) is 7.13. The molecule has 0 atom stereocenters. The lowest BCUT2D eigenvalue weighted by Gasteiger charge is -1.95. The fourth-order valence-electron chi connectivity index (χ4n) is 0.747. The van der Waals surface area contributed by atoms with Gasteiger partial charge in [-0.3, -0.25) is 9.59 Å². The molecule has 0 fully saturated rings. The van der Waals surface area contributed by atoms with Gasteiger partial charge in [0, 0.05) is 18.7 Å². The van der Waals surface area contributed by atoms with Crippen molar-refractivity contribution in [3.8, 4) is 0 Å². The predicted octanol–water partition coefficient (Wildman–Crippen LogP) is 1.51. The molecule has 0 aliphatic carbocycles. The van der Waals surface area contributed by atoms with Crippen molar-refractivity contribution in [1.29, 1.82) is 0 Å². The van der Waals surface area contributed by atoms with Crippen LogP contribution in [0.1, 0.15) is 17.3 Å². The quantitative estimate of drug-likeness (QED) is 0.397. The lowest BCUT2D eigenvalue weighted by molar-refractivity contribution is -0.113. The minimum atomic E-state index is -0.542. The van der Waals surface area contributed by atoms with Crippen molar-refractivity contribution in [2.45, 2.75) is 6.92 Å². The highest BCUT2D eigenvalue weighted by Crippen LogP contribution is 2.07. The molecule has 1 aromatic rings. The standard InChI is InChI=1S/C8H6ClNO2/c1-5(11)8(12)6-2-3-10-7(9)4-6/h2-4H,1H3. The Morgan fingerprint density at radius 3 is 2.67 bits per heavy atom. The number of halogens is 1. The Hall–Kier alpha value is -1.22. The Morgan fingerprint density at radius 2 is 2.17 bits per heavy atom. The summed E-state index contributed by atoms with van der Waals surface area (Å²) in [4.78, 5) is 25.4. The van der Waals surface area contributed by atoms with Crippen LogP contribution in [0.3, 0.4) is 0 Å². The number of nitrogens with zero attached hydrogens (tertiary/aromatic N) is 1. The highest BCUT2D eigenvalue weighted by atomic mass is 35.5. The van der Waals surface area contributed by atoms with Crippen LogP contribution in [0.2, 0.25) is 5.15 Å². The highest BCUT2D eigenvalue weighted by Gasteiger charge is 2.10. The van der Waals surface area contributed by atoms with E-state index in [1.54, 1.807) is 0 Å². The average Bonchev–Trinajstić information content (AvgIpc) is 2.03. The minimum absolute atomic E-state index is 0.210. The minimum Gasteiger partial charge on any atom is -0.291 e. The van der Waals surface area contributed by atoms with Gasteiger partial charge in [-0.25, -0.2) is 4.98 Å². The van der Waals surface area contributed by atoms with Gasteiger partial charge in [0.05, 0.1) is 0 Å². The van der Waals surface area contributed by atoms with Crippen molar-refractivity contribution in [3.63, 3.8) is 0 Å². The predicted molar refractivity (Wildman–Crippen MR) is 44.3 cm³/mol. The summed E-state index contributed by atoms with van der Waals surface area (Å²) < 4.78 is 0.